The van der Waals surface area contributed by atoms with Crippen molar-refractivity contribution in [2.75, 3.05) is 13.7 Å². The molecule has 1 saturated carbocycles. The second kappa shape index (κ2) is 9.82. The molecule has 1 heterocycles. The number of benzene rings is 2. The van der Waals surface area contributed by atoms with E-state index in [1.54, 1.807) is 7.05 Å². The Bertz CT molecular complexity index is 900. The van der Waals surface area contributed by atoms with E-state index in [2.05, 4.69) is 50.9 Å². The molecule has 0 saturated heterocycles. The summed E-state index contributed by atoms with van der Waals surface area (Å²) in [5.74, 6) is 2.48. The van der Waals surface area contributed by atoms with Crippen LogP contribution in [0.5, 0.6) is 5.75 Å². The fraction of sp³-hybridized carbons (Fsp3) is 0.318. The van der Waals surface area contributed by atoms with E-state index in [9.17, 15) is 0 Å². The zero-order chi connectivity index (χ0) is 18.5. The monoisotopic (exact) mass is 490 g/mol. The second-order valence-electron chi connectivity index (χ2n) is 7.02. The van der Waals surface area contributed by atoms with E-state index >= 15 is 0 Å². The smallest absolute Gasteiger partial charge is 0.191 e. The van der Waals surface area contributed by atoms with Gasteiger partial charge in [0.2, 0.25) is 0 Å². The number of halogens is 1. The SMILES string of the molecule is CN=C(NCc1cc2ccccc2[nH]1)NCc1ccccc1OCC1CC1.I. The molecule has 4 rings (SSSR count). The van der Waals surface area contributed by atoms with Crippen LogP contribution < -0.4 is 15.4 Å². The number of guanidine groups is 1. The molecule has 1 fully saturated rings. The number of para-hydroxylation sites is 2. The molecule has 3 N–H and O–H groups in total. The van der Waals surface area contributed by atoms with Crippen LogP contribution in [0.4, 0.5) is 0 Å². The Morgan fingerprint density at radius 3 is 2.61 bits per heavy atom. The minimum atomic E-state index is 0. The Hall–Kier alpha value is -2.22. The van der Waals surface area contributed by atoms with Crippen molar-refractivity contribution >= 4 is 40.8 Å². The lowest BCUT2D eigenvalue weighted by atomic mass is 10.2. The third-order valence-corrected chi connectivity index (χ3v) is 4.85. The van der Waals surface area contributed by atoms with Gasteiger partial charge in [0, 0.05) is 30.4 Å². The fourth-order valence-electron chi connectivity index (χ4n) is 3.09. The molecular weight excluding hydrogens is 463 g/mol. The summed E-state index contributed by atoms with van der Waals surface area (Å²) in [6.07, 6.45) is 2.59. The minimum Gasteiger partial charge on any atom is -0.493 e. The molecule has 0 aliphatic heterocycles. The Morgan fingerprint density at radius 2 is 1.82 bits per heavy atom. The summed E-state index contributed by atoms with van der Waals surface area (Å²) in [7, 11) is 1.79. The van der Waals surface area contributed by atoms with Gasteiger partial charge in [-0.05, 0) is 42.3 Å². The van der Waals surface area contributed by atoms with Crippen molar-refractivity contribution in [3.63, 3.8) is 0 Å². The summed E-state index contributed by atoms with van der Waals surface area (Å²) >= 11 is 0. The first-order valence-corrected chi connectivity index (χ1v) is 9.53. The summed E-state index contributed by atoms with van der Waals surface area (Å²) in [4.78, 5) is 7.75. The number of aromatic amines is 1. The number of hydrogen-bond donors (Lipinski definition) is 3. The fourth-order valence-corrected chi connectivity index (χ4v) is 3.09. The maximum absolute atomic E-state index is 5.98. The first kappa shape index (κ1) is 20.5. The molecule has 1 aromatic heterocycles. The van der Waals surface area contributed by atoms with Crippen LogP contribution in [0.2, 0.25) is 0 Å². The Morgan fingerprint density at radius 1 is 1.07 bits per heavy atom. The summed E-state index contributed by atoms with van der Waals surface area (Å²) in [5, 5.41) is 7.96. The average Bonchev–Trinajstić information content (AvgIpc) is 3.44. The summed E-state index contributed by atoms with van der Waals surface area (Å²) < 4.78 is 5.98. The maximum Gasteiger partial charge on any atom is 0.191 e. The van der Waals surface area contributed by atoms with E-state index in [1.165, 1.54) is 18.2 Å². The van der Waals surface area contributed by atoms with Crippen molar-refractivity contribution in [3.8, 4) is 5.75 Å². The molecular formula is C22H27IN4O. The normalized spacial score (nSPS) is 13.8. The summed E-state index contributed by atoms with van der Waals surface area (Å²) in [6, 6.07) is 18.7. The van der Waals surface area contributed by atoms with E-state index in [0.29, 0.717) is 13.1 Å². The Kier molecular flexibility index (Phi) is 7.19. The molecule has 148 valence electrons. The first-order chi connectivity index (χ1) is 13.3. The molecule has 0 bridgehead atoms. The molecule has 1 aliphatic carbocycles. The van der Waals surface area contributed by atoms with Crippen molar-refractivity contribution in [1.29, 1.82) is 0 Å². The van der Waals surface area contributed by atoms with Crippen molar-refractivity contribution < 1.29 is 4.74 Å². The van der Waals surface area contributed by atoms with E-state index in [0.717, 1.165) is 41.0 Å². The number of ether oxygens (including phenoxy) is 1. The van der Waals surface area contributed by atoms with Gasteiger partial charge in [-0.15, -0.1) is 24.0 Å². The predicted octanol–water partition coefficient (Wildman–Crippen LogP) is 4.44. The molecule has 6 heteroatoms. The van der Waals surface area contributed by atoms with Gasteiger partial charge >= 0.3 is 0 Å². The van der Waals surface area contributed by atoms with Gasteiger partial charge < -0.3 is 20.4 Å². The quantitative estimate of drug-likeness (QED) is 0.261. The molecule has 2 aromatic carbocycles. The van der Waals surface area contributed by atoms with Crippen LogP contribution >= 0.6 is 24.0 Å². The standard InChI is InChI=1S/C22H26N4O.HI/c1-23-22(25-14-19-12-17-6-2-4-8-20(17)26-19)24-13-18-7-3-5-9-21(18)27-15-16-10-11-16;/h2-9,12,16,26H,10-11,13-15H2,1H3,(H2,23,24,25);1H. The van der Waals surface area contributed by atoms with Gasteiger partial charge in [0.05, 0.1) is 13.2 Å². The van der Waals surface area contributed by atoms with Gasteiger partial charge in [0.15, 0.2) is 5.96 Å². The minimum absolute atomic E-state index is 0. The van der Waals surface area contributed by atoms with Crippen LogP contribution in [-0.2, 0) is 13.1 Å². The second-order valence-corrected chi connectivity index (χ2v) is 7.02. The molecule has 0 amide bonds. The highest BCUT2D eigenvalue weighted by Gasteiger charge is 2.22. The number of aromatic nitrogens is 1. The van der Waals surface area contributed by atoms with Gasteiger partial charge in [-0.3, -0.25) is 4.99 Å². The highest BCUT2D eigenvalue weighted by atomic mass is 127. The van der Waals surface area contributed by atoms with Crippen LogP contribution in [0, 0.1) is 5.92 Å². The number of nitrogens with one attached hydrogen (secondary N) is 3. The molecule has 3 aromatic rings. The van der Waals surface area contributed by atoms with Crippen molar-refractivity contribution in [3.05, 3.63) is 65.9 Å². The number of H-pyrrole nitrogens is 1. The molecule has 1 aliphatic rings. The van der Waals surface area contributed by atoms with Gasteiger partial charge in [0.25, 0.3) is 0 Å². The number of nitrogens with zero attached hydrogens (tertiary/aromatic N) is 1. The van der Waals surface area contributed by atoms with E-state index in [-0.39, 0.29) is 24.0 Å². The van der Waals surface area contributed by atoms with E-state index < -0.39 is 0 Å². The topological polar surface area (TPSA) is 61.4 Å². The largest absolute Gasteiger partial charge is 0.493 e. The Balaban J connectivity index is 0.00000225. The molecule has 0 atom stereocenters. The molecule has 0 radical (unpaired) electrons. The molecule has 0 unspecified atom stereocenters. The lowest BCUT2D eigenvalue weighted by Gasteiger charge is -2.14. The third-order valence-electron chi connectivity index (χ3n) is 4.85. The highest BCUT2D eigenvalue weighted by Crippen LogP contribution is 2.30. The van der Waals surface area contributed by atoms with Crippen LogP contribution in [0.15, 0.2) is 59.6 Å². The van der Waals surface area contributed by atoms with E-state index in [1.807, 2.05) is 24.3 Å². The van der Waals surface area contributed by atoms with Gasteiger partial charge in [-0.2, -0.15) is 0 Å². The van der Waals surface area contributed by atoms with E-state index in [4.69, 9.17) is 4.74 Å². The van der Waals surface area contributed by atoms with Crippen LogP contribution in [-0.4, -0.2) is 24.6 Å². The van der Waals surface area contributed by atoms with Gasteiger partial charge in [-0.25, -0.2) is 0 Å². The zero-order valence-electron chi connectivity index (χ0n) is 16.1. The number of aliphatic imine (C=N–C) groups is 1. The van der Waals surface area contributed by atoms with Gasteiger partial charge in [0.1, 0.15) is 5.75 Å². The van der Waals surface area contributed by atoms with Gasteiger partial charge in [-0.1, -0.05) is 36.4 Å². The zero-order valence-corrected chi connectivity index (χ0v) is 18.4. The highest BCUT2D eigenvalue weighted by molar-refractivity contribution is 14.0. The number of hydrogen-bond acceptors (Lipinski definition) is 2. The average molecular weight is 490 g/mol. The molecule has 28 heavy (non-hydrogen) atoms. The predicted molar refractivity (Wildman–Crippen MR) is 125 cm³/mol. The molecule has 5 nitrogen and oxygen atoms in total. The van der Waals surface area contributed by atoms with Crippen LogP contribution in [0.25, 0.3) is 10.9 Å². The third kappa shape index (κ3) is 5.41. The number of fused-ring (bicyclic) bond motifs is 1. The lowest BCUT2D eigenvalue weighted by molar-refractivity contribution is 0.296. The lowest BCUT2D eigenvalue weighted by Crippen LogP contribution is -2.36. The van der Waals surface area contributed by atoms with Crippen LogP contribution in [0.3, 0.4) is 0 Å². The summed E-state index contributed by atoms with van der Waals surface area (Å²) in [5.41, 5.74) is 3.43. The number of rotatable bonds is 7. The summed E-state index contributed by atoms with van der Waals surface area (Å²) in [6.45, 7) is 2.19. The first-order valence-electron chi connectivity index (χ1n) is 9.53. The Labute approximate surface area is 183 Å². The maximum atomic E-state index is 5.98. The van der Waals surface area contributed by atoms with Crippen molar-refractivity contribution in [1.82, 2.24) is 15.6 Å². The van der Waals surface area contributed by atoms with Crippen molar-refractivity contribution in [2.24, 2.45) is 10.9 Å². The van der Waals surface area contributed by atoms with Crippen LogP contribution in [0.1, 0.15) is 24.1 Å². The van der Waals surface area contributed by atoms with Crippen molar-refractivity contribution in [2.45, 2.75) is 25.9 Å². The molecule has 0 spiro atoms.